The van der Waals surface area contributed by atoms with Gasteiger partial charge < -0.3 is 10.2 Å². The van der Waals surface area contributed by atoms with E-state index in [0.29, 0.717) is 11.5 Å². The van der Waals surface area contributed by atoms with Crippen molar-refractivity contribution < 1.29 is 0 Å². The van der Waals surface area contributed by atoms with Crippen LogP contribution in [0.25, 0.3) is 0 Å². The SMILES string of the molecule is CC(C)NCC1(CN(C)Cc2ccncc2)CCCCC1. The molecule has 1 aliphatic rings. The molecule has 1 fully saturated rings. The molecule has 118 valence electrons. The Morgan fingerprint density at radius 3 is 2.48 bits per heavy atom. The molecule has 3 nitrogen and oxygen atoms in total. The molecule has 1 aliphatic carbocycles. The van der Waals surface area contributed by atoms with Crippen molar-refractivity contribution in [3.8, 4) is 0 Å². The van der Waals surface area contributed by atoms with Crippen molar-refractivity contribution in [1.29, 1.82) is 0 Å². The lowest BCUT2D eigenvalue weighted by molar-refractivity contribution is 0.111. The molecule has 1 aromatic rings. The molecule has 0 saturated heterocycles. The number of nitrogens with one attached hydrogen (secondary N) is 1. The molecule has 0 bridgehead atoms. The van der Waals surface area contributed by atoms with E-state index in [-0.39, 0.29) is 0 Å². The van der Waals surface area contributed by atoms with Gasteiger partial charge in [-0.2, -0.15) is 0 Å². The van der Waals surface area contributed by atoms with Crippen LogP contribution in [0.2, 0.25) is 0 Å². The first-order chi connectivity index (χ1) is 10.1. The fourth-order valence-corrected chi connectivity index (χ4v) is 3.54. The normalized spacial score (nSPS) is 18.3. The van der Waals surface area contributed by atoms with Crippen LogP contribution in [0.1, 0.15) is 51.5 Å². The maximum Gasteiger partial charge on any atom is 0.0271 e. The summed E-state index contributed by atoms with van der Waals surface area (Å²) < 4.78 is 0. The van der Waals surface area contributed by atoms with E-state index >= 15 is 0 Å². The molecule has 0 radical (unpaired) electrons. The summed E-state index contributed by atoms with van der Waals surface area (Å²) >= 11 is 0. The molecule has 3 heteroatoms. The Morgan fingerprint density at radius 2 is 1.86 bits per heavy atom. The third-order valence-electron chi connectivity index (χ3n) is 4.61. The number of nitrogens with zero attached hydrogens (tertiary/aromatic N) is 2. The van der Waals surface area contributed by atoms with Gasteiger partial charge in [-0.15, -0.1) is 0 Å². The second-order valence-corrected chi connectivity index (χ2v) is 7.12. The molecule has 21 heavy (non-hydrogen) atoms. The van der Waals surface area contributed by atoms with Gasteiger partial charge in [0.2, 0.25) is 0 Å². The molecule has 0 atom stereocenters. The summed E-state index contributed by atoms with van der Waals surface area (Å²) in [6, 6.07) is 4.82. The van der Waals surface area contributed by atoms with E-state index in [1.165, 1.54) is 44.2 Å². The van der Waals surface area contributed by atoms with Crippen molar-refractivity contribution in [3.05, 3.63) is 30.1 Å². The summed E-state index contributed by atoms with van der Waals surface area (Å²) in [5.41, 5.74) is 1.82. The number of hydrogen-bond donors (Lipinski definition) is 1. The minimum Gasteiger partial charge on any atom is -0.314 e. The van der Waals surface area contributed by atoms with Crippen LogP contribution in [0.15, 0.2) is 24.5 Å². The zero-order valence-corrected chi connectivity index (χ0v) is 13.9. The Kier molecular flexibility index (Phi) is 6.19. The van der Waals surface area contributed by atoms with E-state index in [1.807, 2.05) is 12.4 Å². The maximum absolute atomic E-state index is 4.10. The van der Waals surface area contributed by atoms with Gasteiger partial charge in [0.15, 0.2) is 0 Å². The van der Waals surface area contributed by atoms with Crippen molar-refractivity contribution in [2.75, 3.05) is 20.1 Å². The van der Waals surface area contributed by atoms with Crippen LogP contribution in [-0.4, -0.2) is 36.1 Å². The lowest BCUT2D eigenvalue weighted by Crippen LogP contribution is -2.45. The number of rotatable bonds is 7. The Balaban J connectivity index is 1.93. The molecule has 1 N–H and O–H groups in total. The molecular weight excluding hydrogens is 258 g/mol. The first-order valence-electron chi connectivity index (χ1n) is 8.40. The molecular formula is C18H31N3. The van der Waals surface area contributed by atoms with Crippen molar-refractivity contribution >= 4 is 0 Å². The third-order valence-corrected chi connectivity index (χ3v) is 4.61. The zero-order chi connectivity index (χ0) is 15.1. The zero-order valence-electron chi connectivity index (χ0n) is 13.9. The predicted octanol–water partition coefficient (Wildman–Crippen LogP) is 3.46. The molecule has 0 aromatic carbocycles. The van der Waals surface area contributed by atoms with E-state index in [1.54, 1.807) is 0 Å². The first kappa shape index (κ1) is 16.4. The van der Waals surface area contributed by atoms with E-state index in [9.17, 15) is 0 Å². The second-order valence-electron chi connectivity index (χ2n) is 7.12. The van der Waals surface area contributed by atoms with E-state index in [0.717, 1.165) is 13.1 Å². The van der Waals surface area contributed by atoms with Crippen LogP contribution in [0.4, 0.5) is 0 Å². The van der Waals surface area contributed by atoms with E-state index in [2.05, 4.69) is 48.2 Å². The summed E-state index contributed by atoms with van der Waals surface area (Å²) in [6.45, 7) is 7.86. The van der Waals surface area contributed by atoms with Crippen LogP contribution in [0.3, 0.4) is 0 Å². The molecule has 1 heterocycles. The van der Waals surface area contributed by atoms with Gasteiger partial charge in [-0.25, -0.2) is 0 Å². The van der Waals surface area contributed by atoms with Crippen LogP contribution in [0.5, 0.6) is 0 Å². The number of aromatic nitrogens is 1. The van der Waals surface area contributed by atoms with Gasteiger partial charge in [0, 0.05) is 38.1 Å². The lowest BCUT2D eigenvalue weighted by atomic mass is 9.73. The molecule has 0 unspecified atom stereocenters. The van der Waals surface area contributed by atoms with Gasteiger partial charge in [0.25, 0.3) is 0 Å². The van der Waals surface area contributed by atoms with Crippen LogP contribution in [0, 0.1) is 5.41 Å². The van der Waals surface area contributed by atoms with Gasteiger partial charge in [-0.05, 0) is 43.0 Å². The highest BCUT2D eigenvalue weighted by atomic mass is 15.1. The Labute approximate surface area is 130 Å². The summed E-state index contributed by atoms with van der Waals surface area (Å²) in [4.78, 5) is 6.59. The van der Waals surface area contributed by atoms with Gasteiger partial charge in [0.1, 0.15) is 0 Å². The largest absolute Gasteiger partial charge is 0.314 e. The monoisotopic (exact) mass is 289 g/mol. The second kappa shape index (κ2) is 7.90. The Bertz CT molecular complexity index is 396. The fraction of sp³-hybridized carbons (Fsp3) is 0.722. The topological polar surface area (TPSA) is 28.2 Å². The third kappa shape index (κ3) is 5.40. The molecule has 1 saturated carbocycles. The predicted molar refractivity (Wildman–Crippen MR) is 89.2 cm³/mol. The van der Waals surface area contributed by atoms with E-state index in [4.69, 9.17) is 0 Å². The van der Waals surface area contributed by atoms with Crippen molar-refractivity contribution in [2.45, 2.75) is 58.5 Å². The fourth-order valence-electron chi connectivity index (χ4n) is 3.54. The van der Waals surface area contributed by atoms with Gasteiger partial charge in [-0.3, -0.25) is 4.98 Å². The van der Waals surface area contributed by atoms with Gasteiger partial charge >= 0.3 is 0 Å². The van der Waals surface area contributed by atoms with Crippen LogP contribution in [-0.2, 0) is 6.54 Å². The van der Waals surface area contributed by atoms with Crippen molar-refractivity contribution in [2.24, 2.45) is 5.41 Å². The van der Waals surface area contributed by atoms with Crippen LogP contribution >= 0.6 is 0 Å². The molecule has 0 aliphatic heterocycles. The highest BCUT2D eigenvalue weighted by Crippen LogP contribution is 2.36. The number of hydrogen-bond acceptors (Lipinski definition) is 3. The maximum atomic E-state index is 4.10. The van der Waals surface area contributed by atoms with E-state index < -0.39 is 0 Å². The molecule has 0 amide bonds. The standard InChI is InChI=1S/C18H31N3/c1-16(2)20-14-18(9-5-4-6-10-18)15-21(3)13-17-7-11-19-12-8-17/h7-8,11-12,16,20H,4-6,9-10,13-15H2,1-3H3. The van der Waals surface area contributed by atoms with Crippen LogP contribution < -0.4 is 5.32 Å². The van der Waals surface area contributed by atoms with Gasteiger partial charge in [0.05, 0.1) is 0 Å². The smallest absolute Gasteiger partial charge is 0.0271 e. The Hall–Kier alpha value is -0.930. The highest BCUT2D eigenvalue weighted by Gasteiger charge is 2.33. The summed E-state index contributed by atoms with van der Waals surface area (Å²) in [7, 11) is 2.26. The quantitative estimate of drug-likeness (QED) is 0.833. The minimum atomic E-state index is 0.463. The average Bonchev–Trinajstić information content (AvgIpc) is 2.47. The number of pyridine rings is 1. The highest BCUT2D eigenvalue weighted by molar-refractivity contribution is 5.09. The Morgan fingerprint density at radius 1 is 1.19 bits per heavy atom. The molecule has 0 spiro atoms. The summed E-state index contributed by atoms with van der Waals surface area (Å²) in [5.74, 6) is 0. The first-order valence-corrected chi connectivity index (χ1v) is 8.40. The minimum absolute atomic E-state index is 0.463. The summed E-state index contributed by atoms with van der Waals surface area (Å²) in [5, 5.41) is 3.69. The molecule has 1 aromatic heterocycles. The van der Waals surface area contributed by atoms with Crippen molar-refractivity contribution in [3.63, 3.8) is 0 Å². The van der Waals surface area contributed by atoms with Crippen molar-refractivity contribution in [1.82, 2.24) is 15.2 Å². The van der Waals surface area contributed by atoms with Gasteiger partial charge in [-0.1, -0.05) is 33.1 Å². The summed E-state index contributed by atoms with van der Waals surface area (Å²) in [6.07, 6.45) is 10.7. The molecule has 2 rings (SSSR count). The lowest BCUT2D eigenvalue weighted by Gasteiger charge is -2.41. The average molecular weight is 289 g/mol.